The fraction of sp³-hybridized carbons (Fsp3) is 0.0952. The van der Waals surface area contributed by atoms with Gasteiger partial charge >= 0.3 is 0 Å². The summed E-state index contributed by atoms with van der Waals surface area (Å²) in [6.07, 6.45) is 1.46. The van der Waals surface area contributed by atoms with Crippen molar-refractivity contribution in [2.45, 2.75) is 13.8 Å². The third-order valence-electron chi connectivity index (χ3n) is 4.03. The average molecular weight is 361 g/mol. The highest BCUT2D eigenvalue weighted by Gasteiger charge is 2.11. The summed E-state index contributed by atoms with van der Waals surface area (Å²) in [6, 6.07) is 17.8. The van der Waals surface area contributed by atoms with E-state index in [-0.39, 0.29) is 11.8 Å². The number of hydrogen-bond acceptors (Lipinski definition) is 4. The molecule has 0 atom stereocenters. The quantitative estimate of drug-likeness (QED) is 0.532. The van der Waals surface area contributed by atoms with Gasteiger partial charge in [-0.15, -0.1) is 0 Å². The highest BCUT2D eigenvalue weighted by atomic mass is 16.3. The maximum Gasteiger partial charge on any atom is 0.274 e. The standard InChI is InChI=1S/C21H19N3O3/c1-14(23-24-21(26)19-12-13-27-15(19)2)16-8-10-18(11-9-16)22-20(25)17-6-4-3-5-7-17/h3-13H,1-2H3,(H,22,25)(H,24,26)/b23-14+. The summed E-state index contributed by atoms with van der Waals surface area (Å²) in [5, 5.41) is 6.96. The lowest BCUT2D eigenvalue weighted by Gasteiger charge is -2.07. The van der Waals surface area contributed by atoms with E-state index < -0.39 is 0 Å². The largest absolute Gasteiger partial charge is 0.469 e. The van der Waals surface area contributed by atoms with Gasteiger partial charge in [-0.3, -0.25) is 9.59 Å². The van der Waals surface area contributed by atoms with Gasteiger partial charge in [0.05, 0.1) is 17.5 Å². The molecule has 3 aromatic rings. The topological polar surface area (TPSA) is 83.7 Å². The molecule has 0 unspecified atom stereocenters. The number of nitrogens with one attached hydrogen (secondary N) is 2. The van der Waals surface area contributed by atoms with E-state index in [1.54, 1.807) is 44.2 Å². The number of rotatable bonds is 5. The van der Waals surface area contributed by atoms with Crippen LogP contribution >= 0.6 is 0 Å². The number of furan rings is 1. The van der Waals surface area contributed by atoms with E-state index >= 15 is 0 Å². The maximum atomic E-state index is 12.2. The Morgan fingerprint density at radius 2 is 1.59 bits per heavy atom. The summed E-state index contributed by atoms with van der Waals surface area (Å²) in [6.45, 7) is 3.51. The lowest BCUT2D eigenvalue weighted by atomic mass is 10.1. The minimum absolute atomic E-state index is 0.170. The van der Waals surface area contributed by atoms with Gasteiger partial charge in [0.25, 0.3) is 11.8 Å². The van der Waals surface area contributed by atoms with Crippen LogP contribution in [0.25, 0.3) is 0 Å². The van der Waals surface area contributed by atoms with Crippen LogP contribution in [0.4, 0.5) is 5.69 Å². The molecule has 6 nitrogen and oxygen atoms in total. The van der Waals surface area contributed by atoms with E-state index in [9.17, 15) is 9.59 Å². The smallest absolute Gasteiger partial charge is 0.274 e. The zero-order chi connectivity index (χ0) is 19.2. The van der Waals surface area contributed by atoms with Crippen LogP contribution in [-0.4, -0.2) is 17.5 Å². The lowest BCUT2D eigenvalue weighted by Crippen LogP contribution is -2.19. The average Bonchev–Trinajstić information content (AvgIpc) is 3.13. The number of anilines is 1. The molecule has 1 aromatic heterocycles. The molecule has 136 valence electrons. The number of hydrazone groups is 1. The van der Waals surface area contributed by atoms with Crippen molar-refractivity contribution < 1.29 is 14.0 Å². The Hall–Kier alpha value is -3.67. The van der Waals surface area contributed by atoms with Gasteiger partial charge in [0.2, 0.25) is 0 Å². The molecule has 0 saturated heterocycles. The van der Waals surface area contributed by atoms with Gasteiger partial charge in [-0.05, 0) is 49.7 Å². The van der Waals surface area contributed by atoms with Gasteiger partial charge in [0.1, 0.15) is 5.76 Å². The number of aryl methyl sites for hydroxylation is 1. The molecule has 0 aliphatic carbocycles. The van der Waals surface area contributed by atoms with Crippen LogP contribution in [0.3, 0.4) is 0 Å². The van der Waals surface area contributed by atoms with Crippen LogP contribution in [0.5, 0.6) is 0 Å². The third kappa shape index (κ3) is 4.49. The molecule has 0 radical (unpaired) electrons. The van der Waals surface area contributed by atoms with E-state index in [0.717, 1.165) is 5.56 Å². The second-order valence-electron chi connectivity index (χ2n) is 5.93. The maximum absolute atomic E-state index is 12.2. The lowest BCUT2D eigenvalue weighted by molar-refractivity contribution is 0.0952. The Morgan fingerprint density at radius 3 is 2.22 bits per heavy atom. The van der Waals surface area contributed by atoms with Crippen molar-refractivity contribution in [3.05, 3.63) is 89.4 Å². The van der Waals surface area contributed by atoms with Crippen LogP contribution in [0.15, 0.2) is 76.4 Å². The molecule has 6 heteroatoms. The van der Waals surface area contributed by atoms with Gasteiger partial charge in [-0.25, -0.2) is 5.43 Å². The highest BCUT2D eigenvalue weighted by Crippen LogP contribution is 2.13. The first-order valence-corrected chi connectivity index (χ1v) is 8.40. The SMILES string of the molecule is C/C(=N\NC(=O)c1ccoc1C)c1ccc(NC(=O)c2ccccc2)cc1. The van der Waals surface area contributed by atoms with E-state index in [1.165, 1.54) is 6.26 Å². The van der Waals surface area contributed by atoms with Crippen molar-refractivity contribution in [1.29, 1.82) is 0 Å². The Balaban J connectivity index is 1.63. The molecule has 0 aliphatic heterocycles. The van der Waals surface area contributed by atoms with Crippen molar-refractivity contribution in [3.63, 3.8) is 0 Å². The van der Waals surface area contributed by atoms with Crippen LogP contribution in [0.1, 0.15) is 39.0 Å². The van der Waals surface area contributed by atoms with Crippen molar-refractivity contribution in [1.82, 2.24) is 5.43 Å². The minimum atomic E-state index is -0.327. The molecule has 27 heavy (non-hydrogen) atoms. The monoisotopic (exact) mass is 361 g/mol. The molecule has 2 amide bonds. The van der Waals surface area contributed by atoms with Gasteiger partial charge in [-0.2, -0.15) is 5.10 Å². The molecule has 0 fully saturated rings. The van der Waals surface area contributed by atoms with Crippen molar-refractivity contribution in [2.75, 3.05) is 5.32 Å². The Labute approximate surface area is 156 Å². The highest BCUT2D eigenvalue weighted by molar-refractivity contribution is 6.05. The first kappa shape index (κ1) is 18.1. The Bertz CT molecular complexity index is 973. The number of benzene rings is 2. The molecule has 0 aliphatic rings. The summed E-state index contributed by atoms with van der Waals surface area (Å²) in [7, 11) is 0. The Morgan fingerprint density at radius 1 is 0.889 bits per heavy atom. The summed E-state index contributed by atoms with van der Waals surface area (Å²) in [5.41, 5.74) is 5.71. The van der Waals surface area contributed by atoms with Gasteiger partial charge in [-0.1, -0.05) is 30.3 Å². The number of carbonyl (C=O) groups is 2. The minimum Gasteiger partial charge on any atom is -0.469 e. The van der Waals surface area contributed by atoms with Gasteiger partial charge < -0.3 is 9.73 Å². The van der Waals surface area contributed by atoms with Gasteiger partial charge in [0.15, 0.2) is 0 Å². The van der Waals surface area contributed by atoms with Crippen LogP contribution < -0.4 is 10.7 Å². The van der Waals surface area contributed by atoms with E-state index in [2.05, 4.69) is 15.8 Å². The van der Waals surface area contributed by atoms with Crippen molar-refractivity contribution >= 4 is 23.2 Å². The van der Waals surface area contributed by atoms with E-state index in [1.807, 2.05) is 30.3 Å². The second-order valence-corrected chi connectivity index (χ2v) is 5.93. The summed E-state index contributed by atoms with van der Waals surface area (Å²) in [4.78, 5) is 24.2. The first-order valence-electron chi connectivity index (χ1n) is 8.40. The molecular formula is C21H19N3O3. The number of hydrogen-bond donors (Lipinski definition) is 2. The molecule has 2 aromatic carbocycles. The predicted molar refractivity (Wildman–Crippen MR) is 104 cm³/mol. The van der Waals surface area contributed by atoms with Crippen molar-refractivity contribution in [3.8, 4) is 0 Å². The third-order valence-corrected chi connectivity index (χ3v) is 4.03. The van der Waals surface area contributed by atoms with Gasteiger partial charge in [0, 0.05) is 11.3 Å². The fourth-order valence-corrected chi connectivity index (χ4v) is 2.47. The summed E-state index contributed by atoms with van der Waals surface area (Å²) < 4.78 is 5.11. The van der Waals surface area contributed by atoms with Crippen LogP contribution in [0, 0.1) is 6.92 Å². The summed E-state index contributed by atoms with van der Waals surface area (Å²) >= 11 is 0. The molecule has 0 bridgehead atoms. The normalized spacial score (nSPS) is 11.1. The predicted octanol–water partition coefficient (Wildman–Crippen LogP) is 3.99. The zero-order valence-corrected chi connectivity index (χ0v) is 15.0. The van der Waals surface area contributed by atoms with Crippen LogP contribution in [0.2, 0.25) is 0 Å². The van der Waals surface area contributed by atoms with E-state index in [0.29, 0.717) is 28.3 Å². The second kappa shape index (κ2) is 8.14. The molecule has 0 spiro atoms. The fourth-order valence-electron chi connectivity index (χ4n) is 2.47. The Kier molecular flexibility index (Phi) is 5.47. The van der Waals surface area contributed by atoms with Crippen LogP contribution in [-0.2, 0) is 0 Å². The first-order chi connectivity index (χ1) is 13.0. The molecule has 2 N–H and O–H groups in total. The zero-order valence-electron chi connectivity index (χ0n) is 15.0. The molecule has 3 rings (SSSR count). The molecule has 0 saturated carbocycles. The van der Waals surface area contributed by atoms with E-state index in [4.69, 9.17) is 4.42 Å². The molecule has 1 heterocycles. The number of nitrogens with zero attached hydrogens (tertiary/aromatic N) is 1. The number of carbonyl (C=O) groups excluding carboxylic acids is 2. The number of amides is 2. The summed E-state index contributed by atoms with van der Waals surface area (Å²) in [5.74, 6) is 0.0442. The van der Waals surface area contributed by atoms with Crippen molar-refractivity contribution in [2.24, 2.45) is 5.10 Å². The molecular weight excluding hydrogens is 342 g/mol.